The van der Waals surface area contributed by atoms with E-state index < -0.39 is 30.0 Å². The van der Waals surface area contributed by atoms with Crippen molar-refractivity contribution in [3.8, 4) is 11.8 Å². The Hall–Kier alpha value is -5.97. The van der Waals surface area contributed by atoms with Gasteiger partial charge in [-0.1, -0.05) is 17.9 Å². The standard InChI is InChI=1S/C46H53F2N11O6/c1-54-40-30(4-2-6-35(40)59(45(54)63)36-11-12-38(60)52-44(36)62)5-3-22-65-32-13-18-55(19-14-32)25-29-7-9-31(10-8-29)58-26-34(39(53-58)41(47)48)50-43(61)33-24-49-57-20-15-37(51-42(33)57)56-21-16-46(27-56)17-23-64-28-46/h2,4,6,15,20,24,26,29,31-32,36,41H,7-14,16-19,21-23,25,27-28H2,1H3,(H,50,61)(H,52,60,62)/t29-,31-,36?,46?. The van der Waals surface area contributed by atoms with E-state index in [1.54, 1.807) is 30.2 Å². The number of anilines is 2. The van der Waals surface area contributed by atoms with Gasteiger partial charge >= 0.3 is 5.69 Å². The van der Waals surface area contributed by atoms with Crippen molar-refractivity contribution in [2.24, 2.45) is 18.4 Å². The number of likely N-dealkylation sites (tertiary alicyclic amines) is 1. The molecule has 2 N–H and O–H groups in total. The number of benzene rings is 1. The summed E-state index contributed by atoms with van der Waals surface area (Å²) < 4.78 is 46.6. The Labute approximate surface area is 373 Å². The number of aryl methyl sites for hydroxylation is 1. The molecule has 17 nitrogen and oxygen atoms in total. The molecule has 5 aliphatic rings. The largest absolute Gasteiger partial charge is 0.381 e. The Kier molecular flexibility index (Phi) is 11.7. The van der Waals surface area contributed by atoms with Gasteiger partial charge in [0, 0.05) is 70.6 Å². The maximum atomic E-state index is 14.3. The number of fused-ring (bicyclic) bond motifs is 2. The SMILES string of the molecule is Cn1c(=O)n(C2CCC(=O)NC2=O)c2cccc(C#CCOC3CCN(C[C@H]4CC[C@H](n5cc(NC(=O)c6cnn7ccc(N8CCC9(CCOC9)C8)nc67)c(C(F)F)n5)CC4)CC3)c21. The van der Waals surface area contributed by atoms with Crippen LogP contribution < -0.4 is 21.2 Å². The van der Waals surface area contributed by atoms with E-state index in [4.69, 9.17) is 14.5 Å². The fourth-order valence-corrected chi connectivity index (χ4v) is 10.6. The molecule has 1 aliphatic carbocycles. The molecule has 5 fully saturated rings. The van der Waals surface area contributed by atoms with Crippen molar-refractivity contribution in [2.75, 3.05) is 62.8 Å². The maximum absolute atomic E-state index is 14.3. The number of imidazole rings is 1. The van der Waals surface area contributed by atoms with Crippen molar-refractivity contribution >= 4 is 45.9 Å². The summed E-state index contributed by atoms with van der Waals surface area (Å²) in [5, 5.41) is 13.7. The van der Waals surface area contributed by atoms with Crippen molar-refractivity contribution in [3.05, 3.63) is 70.2 Å². The van der Waals surface area contributed by atoms with Gasteiger partial charge in [-0.05, 0) is 81.9 Å². The number of rotatable bonds is 10. The number of hydrogen-bond acceptors (Lipinski definition) is 11. The first-order chi connectivity index (χ1) is 31.5. The molecule has 10 rings (SSSR count). The molecule has 342 valence electrons. The highest BCUT2D eigenvalue weighted by molar-refractivity contribution is 6.08. The number of alkyl halides is 2. The van der Waals surface area contributed by atoms with Crippen molar-refractivity contribution in [1.82, 2.24) is 43.7 Å². The fraction of sp³-hybridized carbons (Fsp3) is 0.543. The van der Waals surface area contributed by atoms with Gasteiger partial charge in [0.2, 0.25) is 11.8 Å². The zero-order valence-corrected chi connectivity index (χ0v) is 36.4. The van der Waals surface area contributed by atoms with Gasteiger partial charge in [0.1, 0.15) is 24.0 Å². The fourth-order valence-electron chi connectivity index (χ4n) is 10.6. The molecule has 1 spiro atoms. The van der Waals surface area contributed by atoms with Crippen molar-refractivity contribution in [2.45, 2.75) is 88.8 Å². The molecule has 19 heteroatoms. The second-order valence-corrected chi connectivity index (χ2v) is 18.4. The lowest BCUT2D eigenvalue weighted by molar-refractivity contribution is -0.135. The van der Waals surface area contributed by atoms with Crippen molar-refractivity contribution in [1.29, 1.82) is 0 Å². The predicted octanol–water partition coefficient (Wildman–Crippen LogP) is 4.63. The molecule has 2 atom stereocenters. The number of nitrogens with one attached hydrogen (secondary N) is 2. The van der Waals surface area contributed by atoms with E-state index in [-0.39, 0.29) is 59.9 Å². The number of carbonyl (C=O) groups is 3. The molecular weight excluding hydrogens is 841 g/mol. The molecule has 3 amide bonds. The molecule has 0 bridgehead atoms. The zero-order valence-electron chi connectivity index (χ0n) is 36.4. The second kappa shape index (κ2) is 17.8. The lowest BCUT2D eigenvalue weighted by Crippen LogP contribution is -2.44. The minimum atomic E-state index is -2.86. The first-order valence-electron chi connectivity index (χ1n) is 22.7. The molecule has 4 aromatic heterocycles. The number of piperidine rings is 2. The average molecular weight is 894 g/mol. The lowest BCUT2D eigenvalue weighted by Gasteiger charge is -2.36. The van der Waals surface area contributed by atoms with Crippen LogP contribution in [0.15, 0.2) is 47.7 Å². The van der Waals surface area contributed by atoms with E-state index in [0.29, 0.717) is 28.2 Å². The number of hydrogen-bond donors (Lipinski definition) is 2. The number of halogens is 2. The topological polar surface area (TPSA) is 175 Å². The van der Waals surface area contributed by atoms with Crippen LogP contribution in [0, 0.1) is 23.2 Å². The molecule has 1 saturated carbocycles. The maximum Gasteiger partial charge on any atom is 0.329 e. The van der Waals surface area contributed by atoms with Gasteiger partial charge in [-0.25, -0.2) is 23.1 Å². The second-order valence-electron chi connectivity index (χ2n) is 18.4. The molecule has 65 heavy (non-hydrogen) atoms. The highest BCUT2D eigenvalue weighted by atomic mass is 19.3. The van der Waals surface area contributed by atoms with Crippen LogP contribution in [0.4, 0.5) is 20.3 Å². The van der Waals surface area contributed by atoms with Gasteiger partial charge < -0.3 is 24.6 Å². The first kappa shape index (κ1) is 43.0. The Balaban J connectivity index is 0.698. The third-order valence-electron chi connectivity index (χ3n) is 14.2. The summed E-state index contributed by atoms with van der Waals surface area (Å²) in [6, 6.07) is 6.52. The van der Waals surface area contributed by atoms with Crippen molar-refractivity contribution < 1.29 is 32.6 Å². The van der Waals surface area contributed by atoms with E-state index in [1.807, 2.05) is 18.2 Å². The van der Waals surface area contributed by atoms with Gasteiger partial charge in [-0.3, -0.25) is 33.5 Å². The van der Waals surface area contributed by atoms with Gasteiger partial charge in [0.15, 0.2) is 11.3 Å². The van der Waals surface area contributed by atoms with Crippen LogP contribution in [0.3, 0.4) is 0 Å². The number of amides is 3. The monoisotopic (exact) mass is 893 g/mol. The van der Waals surface area contributed by atoms with Crippen LogP contribution in [-0.4, -0.2) is 115 Å². The molecule has 5 aromatic rings. The summed E-state index contributed by atoms with van der Waals surface area (Å²) in [6.07, 6.45) is 9.68. The molecule has 1 aromatic carbocycles. The Bertz CT molecular complexity index is 2740. The third-order valence-corrected chi connectivity index (χ3v) is 14.2. The molecule has 0 radical (unpaired) electrons. The predicted molar refractivity (Wildman–Crippen MR) is 235 cm³/mol. The summed E-state index contributed by atoms with van der Waals surface area (Å²) in [7, 11) is 1.66. The summed E-state index contributed by atoms with van der Waals surface area (Å²) >= 11 is 0. The smallest absolute Gasteiger partial charge is 0.329 e. The number of aromatic nitrogens is 7. The Morgan fingerprint density at radius 1 is 1.06 bits per heavy atom. The van der Waals surface area contributed by atoms with Crippen LogP contribution in [0.1, 0.15) is 104 Å². The number of para-hydroxylation sites is 1. The van der Waals surface area contributed by atoms with E-state index >= 15 is 0 Å². The molecular formula is C46H53F2N11O6. The van der Waals surface area contributed by atoms with Gasteiger partial charge in [-0.15, -0.1) is 0 Å². The first-order valence-corrected chi connectivity index (χ1v) is 22.7. The summed E-state index contributed by atoms with van der Waals surface area (Å²) in [4.78, 5) is 60.7. The van der Waals surface area contributed by atoms with Crippen LogP contribution >= 0.6 is 0 Å². The third kappa shape index (κ3) is 8.54. The van der Waals surface area contributed by atoms with Gasteiger partial charge in [0.05, 0.1) is 47.2 Å². The average Bonchev–Trinajstić information content (AvgIpc) is 4.16. The Morgan fingerprint density at radius 3 is 2.66 bits per heavy atom. The summed E-state index contributed by atoms with van der Waals surface area (Å²) in [6.45, 7) is 6.21. The minimum absolute atomic E-state index is 0.00699. The van der Waals surface area contributed by atoms with Crippen molar-refractivity contribution in [3.63, 3.8) is 0 Å². The van der Waals surface area contributed by atoms with Crippen LogP contribution in [0.2, 0.25) is 0 Å². The van der Waals surface area contributed by atoms with E-state index in [9.17, 15) is 28.0 Å². The van der Waals surface area contributed by atoms with Crippen LogP contribution in [0.5, 0.6) is 0 Å². The zero-order chi connectivity index (χ0) is 44.8. The number of imide groups is 1. The normalized spacial score (nSPS) is 24.4. The van der Waals surface area contributed by atoms with E-state index in [2.05, 4.69) is 42.5 Å². The molecule has 4 saturated heterocycles. The number of carbonyl (C=O) groups excluding carboxylic acids is 3. The van der Waals surface area contributed by atoms with Gasteiger partial charge in [-0.2, -0.15) is 10.2 Å². The molecule has 4 aliphatic heterocycles. The lowest BCUT2D eigenvalue weighted by atomic mass is 9.85. The highest BCUT2D eigenvalue weighted by Crippen LogP contribution is 2.40. The number of ether oxygens (including phenoxy) is 2. The van der Waals surface area contributed by atoms with Crippen LogP contribution in [0.25, 0.3) is 16.7 Å². The summed E-state index contributed by atoms with van der Waals surface area (Å²) in [5.41, 5.74) is 1.79. The number of nitrogens with zero attached hydrogens (tertiary/aromatic N) is 9. The molecule has 2 unspecified atom stereocenters. The van der Waals surface area contributed by atoms with Crippen LogP contribution in [-0.2, 0) is 26.1 Å². The quantitative estimate of drug-likeness (QED) is 0.148. The van der Waals surface area contributed by atoms with E-state index in [1.165, 1.54) is 19.8 Å². The summed E-state index contributed by atoms with van der Waals surface area (Å²) in [5.74, 6) is 6.14. The molecule has 8 heterocycles. The minimum Gasteiger partial charge on any atom is -0.381 e. The highest BCUT2D eigenvalue weighted by Gasteiger charge is 2.42. The van der Waals surface area contributed by atoms with E-state index in [0.717, 1.165) is 103 Å². The Morgan fingerprint density at radius 2 is 1.89 bits per heavy atom. The van der Waals surface area contributed by atoms with Gasteiger partial charge in [0.25, 0.3) is 12.3 Å².